The van der Waals surface area contributed by atoms with Crippen molar-refractivity contribution in [1.82, 2.24) is 0 Å². The van der Waals surface area contributed by atoms with E-state index in [-0.39, 0.29) is 30.2 Å². The van der Waals surface area contributed by atoms with Crippen LogP contribution in [-0.4, -0.2) is 40.3 Å². The van der Waals surface area contributed by atoms with Gasteiger partial charge in [0, 0.05) is 23.1 Å². The number of ketones is 1. The molecule has 0 aromatic heterocycles. The third kappa shape index (κ3) is 8.41. The number of carbonyl (C=O) groups is 1. The Hall–Kier alpha value is -1.66. The summed E-state index contributed by atoms with van der Waals surface area (Å²) >= 11 is 7.78. The molecule has 7 heteroatoms. The number of rotatable bonds is 12. The lowest BCUT2D eigenvalue weighted by molar-refractivity contribution is -0.116. The molecular formula is C24H34ClNO4S. The summed E-state index contributed by atoms with van der Waals surface area (Å²) in [5.74, 6) is 2.05. The van der Waals surface area contributed by atoms with Crippen molar-refractivity contribution in [2.45, 2.75) is 71.2 Å². The van der Waals surface area contributed by atoms with Crippen molar-refractivity contribution in [3.05, 3.63) is 40.6 Å². The SMILES string of the molecule is CCC/C(=N\OCC(C)Oc1ccc(Cl)cc1)C1=C(O)CC(CC(C)SCC)CC1=O. The van der Waals surface area contributed by atoms with Gasteiger partial charge in [0.2, 0.25) is 0 Å². The molecule has 0 heterocycles. The summed E-state index contributed by atoms with van der Waals surface area (Å²) in [4.78, 5) is 18.4. The molecule has 172 valence electrons. The van der Waals surface area contributed by atoms with Crippen molar-refractivity contribution in [2.75, 3.05) is 12.4 Å². The third-order valence-electron chi connectivity index (χ3n) is 5.05. The van der Waals surface area contributed by atoms with Gasteiger partial charge in [-0.05, 0) is 55.7 Å². The molecule has 1 aromatic rings. The number of nitrogens with zero attached hydrogens (tertiary/aromatic N) is 1. The normalized spacial score (nSPS) is 19.3. The van der Waals surface area contributed by atoms with Crippen molar-refractivity contribution in [1.29, 1.82) is 0 Å². The highest BCUT2D eigenvalue weighted by molar-refractivity contribution is 7.99. The Labute approximate surface area is 195 Å². The van der Waals surface area contributed by atoms with Crippen LogP contribution in [0.3, 0.4) is 0 Å². The van der Waals surface area contributed by atoms with Crippen LogP contribution in [0.2, 0.25) is 5.02 Å². The van der Waals surface area contributed by atoms with Crippen LogP contribution in [0.1, 0.15) is 59.8 Å². The van der Waals surface area contributed by atoms with Gasteiger partial charge in [-0.1, -0.05) is 43.9 Å². The Morgan fingerprint density at radius 2 is 1.97 bits per heavy atom. The quantitative estimate of drug-likeness (QED) is 0.277. The van der Waals surface area contributed by atoms with Crippen LogP contribution in [0.15, 0.2) is 40.8 Å². The minimum Gasteiger partial charge on any atom is -0.511 e. The number of thioether (sulfide) groups is 1. The lowest BCUT2D eigenvalue weighted by Crippen LogP contribution is -2.26. The van der Waals surface area contributed by atoms with Gasteiger partial charge in [0.1, 0.15) is 17.6 Å². The van der Waals surface area contributed by atoms with Gasteiger partial charge in [0.25, 0.3) is 0 Å². The lowest BCUT2D eigenvalue weighted by Gasteiger charge is -2.26. The molecule has 0 radical (unpaired) electrons. The predicted octanol–water partition coefficient (Wildman–Crippen LogP) is 6.60. The van der Waals surface area contributed by atoms with Crippen LogP contribution in [0.5, 0.6) is 5.75 Å². The molecule has 1 aromatic carbocycles. The molecule has 2 rings (SSSR count). The second kappa shape index (κ2) is 13.0. The van der Waals surface area contributed by atoms with Gasteiger partial charge < -0.3 is 14.7 Å². The summed E-state index contributed by atoms with van der Waals surface area (Å²) in [6, 6.07) is 7.12. The second-order valence-corrected chi connectivity index (χ2v) is 10.1. The first-order valence-corrected chi connectivity index (χ1v) is 12.4. The van der Waals surface area contributed by atoms with Gasteiger partial charge in [-0.3, -0.25) is 4.79 Å². The number of hydrogen-bond acceptors (Lipinski definition) is 6. The van der Waals surface area contributed by atoms with Gasteiger partial charge in [-0.15, -0.1) is 0 Å². The highest BCUT2D eigenvalue weighted by Gasteiger charge is 2.31. The van der Waals surface area contributed by atoms with E-state index < -0.39 is 0 Å². The Balaban J connectivity index is 2.00. The van der Waals surface area contributed by atoms with Crippen molar-refractivity contribution >= 4 is 34.9 Å². The summed E-state index contributed by atoms with van der Waals surface area (Å²) < 4.78 is 5.79. The van der Waals surface area contributed by atoms with Crippen LogP contribution < -0.4 is 4.74 Å². The average Bonchev–Trinajstić information content (AvgIpc) is 2.69. The third-order valence-corrected chi connectivity index (χ3v) is 6.40. The van der Waals surface area contributed by atoms with Crippen LogP contribution in [0.25, 0.3) is 0 Å². The van der Waals surface area contributed by atoms with Gasteiger partial charge in [-0.25, -0.2) is 0 Å². The van der Waals surface area contributed by atoms with E-state index in [0.717, 1.165) is 18.6 Å². The molecule has 0 saturated heterocycles. The molecule has 0 fully saturated rings. The maximum atomic E-state index is 12.8. The zero-order valence-corrected chi connectivity index (χ0v) is 20.5. The van der Waals surface area contributed by atoms with Crippen LogP contribution in [-0.2, 0) is 9.63 Å². The van der Waals surface area contributed by atoms with E-state index in [1.165, 1.54) is 0 Å². The van der Waals surface area contributed by atoms with E-state index in [1.54, 1.807) is 24.3 Å². The van der Waals surface area contributed by atoms with Crippen molar-refractivity contribution in [3.8, 4) is 5.75 Å². The first-order chi connectivity index (χ1) is 14.8. The van der Waals surface area contributed by atoms with E-state index in [0.29, 0.717) is 46.6 Å². The average molecular weight is 468 g/mol. The number of benzene rings is 1. The second-order valence-electron chi connectivity index (χ2n) is 7.99. The zero-order chi connectivity index (χ0) is 22.8. The zero-order valence-electron chi connectivity index (χ0n) is 18.9. The monoisotopic (exact) mass is 467 g/mol. The van der Waals surface area contributed by atoms with Crippen molar-refractivity contribution < 1.29 is 19.5 Å². The summed E-state index contributed by atoms with van der Waals surface area (Å²) in [6.07, 6.45) is 3.04. The highest BCUT2D eigenvalue weighted by Crippen LogP contribution is 2.32. The van der Waals surface area contributed by atoms with Crippen LogP contribution in [0.4, 0.5) is 0 Å². The first-order valence-electron chi connectivity index (χ1n) is 11.0. The van der Waals surface area contributed by atoms with Crippen LogP contribution in [0, 0.1) is 5.92 Å². The predicted molar refractivity (Wildman–Crippen MR) is 129 cm³/mol. The molecule has 1 N–H and O–H groups in total. The standard InChI is InChI=1S/C24H34ClNO4S/c1-5-7-21(26-29-15-16(3)30-20-10-8-19(25)9-11-20)24-22(27)13-18(14-23(24)28)12-17(4)31-6-2/h8-11,16-18,27H,5-7,12-15H2,1-4H3/b26-21+. The van der Waals surface area contributed by atoms with E-state index in [2.05, 4.69) is 19.0 Å². The van der Waals surface area contributed by atoms with E-state index >= 15 is 0 Å². The number of Topliss-reactive ketones (excluding diaryl/α,β-unsaturated/α-hetero) is 1. The fourth-order valence-corrected chi connectivity index (χ4v) is 4.84. The summed E-state index contributed by atoms with van der Waals surface area (Å²) in [5, 5.41) is 16.0. The van der Waals surface area contributed by atoms with E-state index in [9.17, 15) is 9.90 Å². The van der Waals surface area contributed by atoms with Gasteiger partial charge in [0.05, 0.1) is 11.3 Å². The number of aliphatic hydroxyl groups is 1. The van der Waals surface area contributed by atoms with E-state index in [4.69, 9.17) is 21.2 Å². The fourth-order valence-electron chi connectivity index (χ4n) is 3.74. The number of hydrogen-bond donors (Lipinski definition) is 1. The molecule has 0 bridgehead atoms. The Kier molecular flexibility index (Phi) is 10.7. The molecular weight excluding hydrogens is 434 g/mol. The Morgan fingerprint density at radius 1 is 1.26 bits per heavy atom. The molecule has 3 unspecified atom stereocenters. The minimum absolute atomic E-state index is 0.0382. The Morgan fingerprint density at radius 3 is 2.58 bits per heavy atom. The summed E-state index contributed by atoms with van der Waals surface area (Å²) in [5.41, 5.74) is 0.873. The number of carbonyl (C=O) groups excluding carboxylic acids is 1. The van der Waals surface area contributed by atoms with Gasteiger partial charge in [-0.2, -0.15) is 11.8 Å². The molecule has 31 heavy (non-hydrogen) atoms. The van der Waals surface area contributed by atoms with Crippen molar-refractivity contribution in [3.63, 3.8) is 0 Å². The molecule has 3 atom stereocenters. The molecule has 0 aliphatic heterocycles. The fraction of sp³-hybridized carbons (Fsp3) is 0.583. The molecule has 0 spiro atoms. The molecule has 1 aliphatic rings. The summed E-state index contributed by atoms with van der Waals surface area (Å²) in [6.45, 7) is 8.44. The number of allylic oxidation sites excluding steroid dienone is 2. The molecule has 1 aliphatic carbocycles. The number of halogens is 1. The number of aliphatic hydroxyl groups excluding tert-OH is 1. The first kappa shape index (κ1) is 25.6. The molecule has 5 nitrogen and oxygen atoms in total. The maximum Gasteiger partial charge on any atom is 0.168 e. The minimum atomic E-state index is -0.237. The molecule has 0 amide bonds. The number of ether oxygens (including phenoxy) is 1. The van der Waals surface area contributed by atoms with E-state index in [1.807, 2.05) is 25.6 Å². The number of oxime groups is 1. The highest BCUT2D eigenvalue weighted by atomic mass is 35.5. The summed E-state index contributed by atoms with van der Waals surface area (Å²) in [7, 11) is 0. The largest absolute Gasteiger partial charge is 0.511 e. The van der Waals surface area contributed by atoms with Gasteiger partial charge >= 0.3 is 0 Å². The maximum absolute atomic E-state index is 12.8. The Bertz CT molecular complexity index is 778. The van der Waals surface area contributed by atoms with Crippen LogP contribution >= 0.6 is 23.4 Å². The lowest BCUT2D eigenvalue weighted by atomic mass is 9.82. The molecule has 0 saturated carbocycles. The van der Waals surface area contributed by atoms with Crippen molar-refractivity contribution in [2.24, 2.45) is 11.1 Å². The smallest absolute Gasteiger partial charge is 0.168 e. The van der Waals surface area contributed by atoms with Gasteiger partial charge in [0.15, 0.2) is 12.4 Å². The topological polar surface area (TPSA) is 68.1 Å².